The van der Waals surface area contributed by atoms with Crippen LogP contribution in [0.15, 0.2) is 42.9 Å². The highest BCUT2D eigenvalue weighted by Crippen LogP contribution is 2.14. The van der Waals surface area contributed by atoms with Crippen LogP contribution < -0.4 is 5.32 Å². The Bertz CT molecular complexity index is 634. The van der Waals surface area contributed by atoms with Crippen molar-refractivity contribution in [2.75, 3.05) is 0 Å². The fourth-order valence-electron chi connectivity index (χ4n) is 2.16. The summed E-state index contributed by atoms with van der Waals surface area (Å²) in [5, 5.41) is 12.7. The van der Waals surface area contributed by atoms with E-state index < -0.39 is 5.60 Å². The first kappa shape index (κ1) is 17.1. The van der Waals surface area contributed by atoms with Crippen molar-refractivity contribution in [2.24, 2.45) is 0 Å². The third-order valence-corrected chi connectivity index (χ3v) is 3.62. The Kier molecular flexibility index (Phi) is 5.45. The number of rotatable bonds is 6. The lowest BCUT2D eigenvalue weighted by Gasteiger charge is -2.16. The summed E-state index contributed by atoms with van der Waals surface area (Å²) in [6, 6.07) is 7.25. The molecular formula is C18H23N3O2. The van der Waals surface area contributed by atoms with Crippen LogP contribution in [0, 0.1) is 0 Å². The molecule has 2 aromatic rings. The molecule has 23 heavy (non-hydrogen) atoms. The normalized spacial score (nSPS) is 12.7. The first-order valence-corrected chi connectivity index (χ1v) is 7.73. The zero-order chi connectivity index (χ0) is 16.9. The highest BCUT2D eigenvalue weighted by atomic mass is 16.3. The Morgan fingerprint density at radius 3 is 2.52 bits per heavy atom. The molecule has 0 radical (unpaired) electrons. The molecule has 0 aliphatic carbocycles. The molecule has 1 atom stereocenters. The van der Waals surface area contributed by atoms with Crippen LogP contribution in [0.1, 0.15) is 54.8 Å². The molecule has 1 aromatic heterocycles. The number of benzene rings is 1. The maximum Gasteiger partial charge on any atom is 0.251 e. The van der Waals surface area contributed by atoms with E-state index in [1.165, 1.54) is 0 Å². The molecule has 0 saturated carbocycles. The average Bonchev–Trinajstić information content (AvgIpc) is 2.53. The predicted molar refractivity (Wildman–Crippen MR) is 89.0 cm³/mol. The van der Waals surface area contributed by atoms with Gasteiger partial charge in [0.15, 0.2) is 0 Å². The molecule has 1 amide bonds. The molecule has 122 valence electrons. The minimum Gasteiger partial charge on any atom is -0.390 e. The van der Waals surface area contributed by atoms with Gasteiger partial charge in [-0.05, 0) is 51.3 Å². The van der Waals surface area contributed by atoms with Crippen LogP contribution in [0.5, 0.6) is 0 Å². The summed E-state index contributed by atoms with van der Waals surface area (Å²) in [7, 11) is 0. The van der Waals surface area contributed by atoms with E-state index in [0.717, 1.165) is 17.7 Å². The molecule has 0 unspecified atom stereocenters. The number of aliphatic hydroxyl groups is 1. The van der Waals surface area contributed by atoms with E-state index in [2.05, 4.69) is 15.3 Å². The van der Waals surface area contributed by atoms with Gasteiger partial charge in [0.25, 0.3) is 5.91 Å². The van der Waals surface area contributed by atoms with E-state index in [1.807, 2.05) is 19.1 Å². The Hall–Kier alpha value is -2.27. The number of hydrogen-bond donors (Lipinski definition) is 2. The molecule has 2 rings (SSSR count). The summed E-state index contributed by atoms with van der Waals surface area (Å²) in [5.41, 5.74) is 1.75. The minimum atomic E-state index is -0.678. The van der Waals surface area contributed by atoms with Crippen LogP contribution in [0.4, 0.5) is 0 Å². The van der Waals surface area contributed by atoms with Crippen molar-refractivity contribution in [3.8, 4) is 0 Å². The van der Waals surface area contributed by atoms with Gasteiger partial charge in [-0.15, -0.1) is 0 Å². The van der Waals surface area contributed by atoms with Crippen molar-refractivity contribution in [1.29, 1.82) is 0 Å². The maximum atomic E-state index is 12.3. The second kappa shape index (κ2) is 7.33. The molecule has 2 N–H and O–H groups in total. The van der Waals surface area contributed by atoms with Crippen molar-refractivity contribution in [3.63, 3.8) is 0 Å². The molecule has 5 heteroatoms. The van der Waals surface area contributed by atoms with E-state index in [9.17, 15) is 9.90 Å². The number of carbonyl (C=O) groups is 1. The largest absolute Gasteiger partial charge is 0.390 e. The predicted octanol–water partition coefficient (Wildman–Crippen LogP) is 2.67. The third-order valence-electron chi connectivity index (χ3n) is 3.62. The van der Waals surface area contributed by atoms with Crippen molar-refractivity contribution >= 4 is 5.91 Å². The zero-order valence-electron chi connectivity index (χ0n) is 13.8. The fourth-order valence-corrected chi connectivity index (χ4v) is 2.16. The lowest BCUT2D eigenvalue weighted by molar-refractivity contribution is 0.0713. The van der Waals surface area contributed by atoms with Gasteiger partial charge in [0.2, 0.25) is 0 Å². The Balaban J connectivity index is 1.95. The molecule has 0 aliphatic rings. The first-order valence-electron chi connectivity index (χ1n) is 7.73. The smallest absolute Gasteiger partial charge is 0.251 e. The molecule has 0 bridgehead atoms. The SMILES string of the molecule is C[C@H](NC(=O)c1ccc(CCC(C)(C)O)cc1)c1cnccn1. The fraction of sp³-hybridized carbons (Fsp3) is 0.389. The van der Waals surface area contributed by atoms with Crippen molar-refractivity contribution in [3.05, 3.63) is 59.7 Å². The van der Waals surface area contributed by atoms with Crippen LogP contribution in [-0.4, -0.2) is 26.6 Å². The monoisotopic (exact) mass is 313 g/mol. The van der Waals surface area contributed by atoms with Crippen LogP contribution in [0.25, 0.3) is 0 Å². The van der Waals surface area contributed by atoms with E-state index in [4.69, 9.17) is 0 Å². The summed E-state index contributed by atoms with van der Waals surface area (Å²) in [5.74, 6) is -0.141. The van der Waals surface area contributed by atoms with Gasteiger partial charge in [0.1, 0.15) is 0 Å². The number of aryl methyl sites for hydroxylation is 1. The Labute approximate surface area is 136 Å². The van der Waals surface area contributed by atoms with Crippen LogP contribution in [-0.2, 0) is 6.42 Å². The number of amides is 1. The van der Waals surface area contributed by atoms with Crippen molar-refractivity contribution in [1.82, 2.24) is 15.3 Å². The quantitative estimate of drug-likeness (QED) is 0.860. The van der Waals surface area contributed by atoms with Crippen LogP contribution in [0.3, 0.4) is 0 Å². The van der Waals surface area contributed by atoms with E-state index >= 15 is 0 Å². The number of aromatic nitrogens is 2. The lowest BCUT2D eigenvalue weighted by atomic mass is 9.98. The summed E-state index contributed by atoms with van der Waals surface area (Å²) >= 11 is 0. The topological polar surface area (TPSA) is 75.1 Å². The van der Waals surface area contributed by atoms with E-state index in [1.54, 1.807) is 44.6 Å². The maximum absolute atomic E-state index is 12.3. The van der Waals surface area contributed by atoms with Gasteiger partial charge >= 0.3 is 0 Å². The van der Waals surface area contributed by atoms with Gasteiger partial charge in [0, 0.05) is 18.0 Å². The molecule has 1 aromatic carbocycles. The second-order valence-corrected chi connectivity index (χ2v) is 6.33. The lowest BCUT2D eigenvalue weighted by Crippen LogP contribution is -2.27. The highest BCUT2D eigenvalue weighted by molar-refractivity contribution is 5.94. The second-order valence-electron chi connectivity index (χ2n) is 6.33. The molecule has 0 aliphatic heterocycles. The summed E-state index contributed by atoms with van der Waals surface area (Å²) in [6.45, 7) is 5.46. The van der Waals surface area contributed by atoms with Crippen LogP contribution in [0.2, 0.25) is 0 Å². The van der Waals surface area contributed by atoms with Gasteiger partial charge < -0.3 is 10.4 Å². The molecule has 0 saturated heterocycles. The molecular weight excluding hydrogens is 290 g/mol. The number of carbonyl (C=O) groups excluding carboxylic acids is 1. The van der Waals surface area contributed by atoms with Gasteiger partial charge in [-0.3, -0.25) is 14.8 Å². The number of nitrogens with one attached hydrogen (secondary N) is 1. The highest BCUT2D eigenvalue weighted by Gasteiger charge is 2.14. The van der Waals surface area contributed by atoms with E-state index in [-0.39, 0.29) is 11.9 Å². The van der Waals surface area contributed by atoms with Crippen molar-refractivity contribution in [2.45, 2.75) is 45.3 Å². The molecule has 0 fully saturated rings. The molecule has 1 heterocycles. The summed E-state index contributed by atoms with van der Waals surface area (Å²) in [6.07, 6.45) is 6.31. The number of nitrogens with zero attached hydrogens (tertiary/aromatic N) is 2. The van der Waals surface area contributed by atoms with Gasteiger partial charge in [-0.1, -0.05) is 12.1 Å². The standard InChI is InChI=1S/C18H23N3O2/c1-13(16-12-19-10-11-20-16)21-17(22)15-6-4-14(5-7-15)8-9-18(2,3)23/h4-7,10-13,23H,8-9H2,1-3H3,(H,21,22)/t13-/m0/s1. The zero-order valence-corrected chi connectivity index (χ0v) is 13.8. The molecule has 5 nitrogen and oxygen atoms in total. The van der Waals surface area contributed by atoms with Gasteiger partial charge in [-0.2, -0.15) is 0 Å². The number of hydrogen-bond acceptors (Lipinski definition) is 4. The van der Waals surface area contributed by atoms with Crippen LogP contribution >= 0.6 is 0 Å². The van der Waals surface area contributed by atoms with E-state index in [0.29, 0.717) is 12.0 Å². The average molecular weight is 313 g/mol. The Morgan fingerprint density at radius 2 is 1.96 bits per heavy atom. The summed E-state index contributed by atoms with van der Waals surface area (Å²) < 4.78 is 0. The van der Waals surface area contributed by atoms with Gasteiger partial charge in [0.05, 0.1) is 23.5 Å². The summed E-state index contributed by atoms with van der Waals surface area (Å²) in [4.78, 5) is 20.4. The third kappa shape index (κ3) is 5.45. The van der Waals surface area contributed by atoms with Gasteiger partial charge in [-0.25, -0.2) is 0 Å². The first-order chi connectivity index (χ1) is 10.8. The van der Waals surface area contributed by atoms with Crippen molar-refractivity contribution < 1.29 is 9.90 Å². The minimum absolute atomic E-state index is 0.141. The molecule has 0 spiro atoms. The Morgan fingerprint density at radius 1 is 1.26 bits per heavy atom.